The lowest BCUT2D eigenvalue weighted by molar-refractivity contribution is 0.0990. The summed E-state index contributed by atoms with van der Waals surface area (Å²) < 4.78 is 32.4. The standard InChI is InChI=1S/C16H12F2O2/c17-13-2-1-3-14(18)12(13)9-15(19)10-4-5-16-11(8-10)6-7-20-16/h1-5,8H,6-7,9H2. The Morgan fingerprint density at radius 1 is 1.15 bits per heavy atom. The first-order valence-electron chi connectivity index (χ1n) is 6.37. The number of hydrogen-bond donors (Lipinski definition) is 0. The number of carbonyl (C=O) groups is 1. The number of fused-ring (bicyclic) bond motifs is 1. The SMILES string of the molecule is O=C(Cc1c(F)cccc1F)c1ccc2c(c1)CCO2. The van der Waals surface area contributed by atoms with Gasteiger partial charge in [-0.15, -0.1) is 0 Å². The van der Waals surface area contributed by atoms with Crippen molar-refractivity contribution in [2.75, 3.05) is 6.61 Å². The van der Waals surface area contributed by atoms with Gasteiger partial charge in [-0.3, -0.25) is 4.79 Å². The van der Waals surface area contributed by atoms with E-state index in [1.807, 2.05) is 0 Å². The smallest absolute Gasteiger partial charge is 0.167 e. The molecule has 1 heterocycles. The van der Waals surface area contributed by atoms with Gasteiger partial charge in [-0.1, -0.05) is 6.07 Å². The molecule has 0 aliphatic carbocycles. The molecule has 0 saturated carbocycles. The Morgan fingerprint density at radius 3 is 2.65 bits per heavy atom. The molecular formula is C16H12F2O2. The number of carbonyl (C=O) groups excluding carboxylic acids is 1. The molecule has 0 amide bonds. The molecule has 0 N–H and O–H groups in total. The monoisotopic (exact) mass is 274 g/mol. The number of ether oxygens (including phenoxy) is 1. The van der Waals surface area contributed by atoms with E-state index in [1.54, 1.807) is 18.2 Å². The van der Waals surface area contributed by atoms with Crippen LogP contribution in [0.4, 0.5) is 8.78 Å². The fourth-order valence-corrected chi connectivity index (χ4v) is 2.32. The summed E-state index contributed by atoms with van der Waals surface area (Å²) in [7, 11) is 0. The lowest BCUT2D eigenvalue weighted by Gasteiger charge is -2.06. The van der Waals surface area contributed by atoms with Crippen molar-refractivity contribution >= 4 is 5.78 Å². The van der Waals surface area contributed by atoms with Gasteiger partial charge in [0, 0.05) is 24.0 Å². The second-order valence-electron chi connectivity index (χ2n) is 4.72. The predicted octanol–water partition coefficient (Wildman–Crippen LogP) is 3.33. The number of ketones is 1. The van der Waals surface area contributed by atoms with Crippen LogP contribution >= 0.6 is 0 Å². The van der Waals surface area contributed by atoms with Crippen LogP contribution in [0.1, 0.15) is 21.5 Å². The minimum Gasteiger partial charge on any atom is -0.493 e. The topological polar surface area (TPSA) is 26.3 Å². The zero-order chi connectivity index (χ0) is 14.1. The van der Waals surface area contributed by atoms with Crippen molar-refractivity contribution in [2.24, 2.45) is 0 Å². The highest BCUT2D eigenvalue weighted by atomic mass is 19.1. The molecule has 2 nitrogen and oxygen atoms in total. The van der Waals surface area contributed by atoms with E-state index in [-0.39, 0.29) is 17.8 Å². The first-order chi connectivity index (χ1) is 9.65. The van der Waals surface area contributed by atoms with Crippen LogP contribution in [0.3, 0.4) is 0 Å². The van der Waals surface area contributed by atoms with Crippen LogP contribution in [-0.2, 0) is 12.8 Å². The summed E-state index contributed by atoms with van der Waals surface area (Å²) in [5.74, 6) is -0.909. The van der Waals surface area contributed by atoms with Gasteiger partial charge in [0.25, 0.3) is 0 Å². The first kappa shape index (κ1) is 12.8. The highest BCUT2D eigenvalue weighted by Crippen LogP contribution is 2.26. The summed E-state index contributed by atoms with van der Waals surface area (Å²) in [4.78, 5) is 12.1. The van der Waals surface area contributed by atoms with Gasteiger partial charge in [-0.2, -0.15) is 0 Å². The van der Waals surface area contributed by atoms with E-state index in [1.165, 1.54) is 6.07 Å². The summed E-state index contributed by atoms with van der Waals surface area (Å²) in [5, 5.41) is 0. The van der Waals surface area contributed by atoms with Gasteiger partial charge in [-0.25, -0.2) is 8.78 Å². The molecule has 4 heteroatoms. The van der Waals surface area contributed by atoms with E-state index < -0.39 is 11.6 Å². The maximum absolute atomic E-state index is 13.5. The molecule has 0 spiro atoms. The summed E-state index contributed by atoms with van der Waals surface area (Å²) in [6.45, 7) is 0.606. The van der Waals surface area contributed by atoms with Gasteiger partial charge in [0.2, 0.25) is 0 Å². The molecule has 1 aliphatic heterocycles. The molecule has 0 saturated heterocycles. The minimum atomic E-state index is -0.692. The molecule has 2 aromatic carbocycles. The molecule has 3 rings (SSSR count). The van der Waals surface area contributed by atoms with Crippen molar-refractivity contribution in [3.8, 4) is 5.75 Å². The summed E-state index contributed by atoms with van der Waals surface area (Å²) in [6, 6.07) is 8.69. The van der Waals surface area contributed by atoms with Crippen LogP contribution in [0.2, 0.25) is 0 Å². The van der Waals surface area contributed by atoms with Crippen molar-refractivity contribution in [2.45, 2.75) is 12.8 Å². The van der Waals surface area contributed by atoms with Gasteiger partial charge < -0.3 is 4.74 Å². The van der Waals surface area contributed by atoms with Gasteiger partial charge in [-0.05, 0) is 35.9 Å². The lowest BCUT2D eigenvalue weighted by atomic mass is 10.00. The Kier molecular flexibility index (Phi) is 3.22. The molecular weight excluding hydrogens is 262 g/mol. The summed E-state index contributed by atoms with van der Waals surface area (Å²) in [6.07, 6.45) is 0.475. The Labute approximate surface area is 115 Å². The third kappa shape index (κ3) is 2.29. The molecule has 0 unspecified atom stereocenters. The van der Waals surface area contributed by atoms with E-state index in [2.05, 4.69) is 0 Å². The van der Waals surface area contributed by atoms with Crippen LogP contribution in [-0.4, -0.2) is 12.4 Å². The Bertz CT molecular complexity index is 660. The van der Waals surface area contributed by atoms with Crippen LogP contribution in [0.25, 0.3) is 0 Å². The van der Waals surface area contributed by atoms with Crippen molar-refractivity contribution in [3.63, 3.8) is 0 Å². The normalized spacial score (nSPS) is 12.9. The second kappa shape index (κ2) is 5.04. The van der Waals surface area contributed by atoms with Crippen LogP contribution in [0.15, 0.2) is 36.4 Å². The molecule has 0 bridgehead atoms. The van der Waals surface area contributed by atoms with Crippen LogP contribution < -0.4 is 4.74 Å². The third-order valence-electron chi connectivity index (χ3n) is 3.41. The first-order valence-corrected chi connectivity index (χ1v) is 6.37. The predicted molar refractivity (Wildman–Crippen MR) is 70.0 cm³/mol. The molecule has 20 heavy (non-hydrogen) atoms. The maximum Gasteiger partial charge on any atom is 0.167 e. The lowest BCUT2D eigenvalue weighted by Crippen LogP contribution is -2.07. The average Bonchev–Trinajstić information content (AvgIpc) is 2.90. The minimum absolute atomic E-state index is 0.186. The fraction of sp³-hybridized carbons (Fsp3) is 0.188. The maximum atomic E-state index is 13.5. The fourth-order valence-electron chi connectivity index (χ4n) is 2.32. The van der Waals surface area contributed by atoms with E-state index in [0.29, 0.717) is 12.2 Å². The second-order valence-corrected chi connectivity index (χ2v) is 4.72. The number of benzene rings is 2. The molecule has 0 aromatic heterocycles. The Balaban J connectivity index is 1.86. The quantitative estimate of drug-likeness (QED) is 0.802. The van der Waals surface area contributed by atoms with Crippen molar-refractivity contribution in [1.29, 1.82) is 0 Å². The van der Waals surface area contributed by atoms with Crippen molar-refractivity contribution in [3.05, 3.63) is 64.7 Å². The molecule has 0 fully saturated rings. The highest BCUT2D eigenvalue weighted by molar-refractivity contribution is 5.98. The average molecular weight is 274 g/mol. The molecule has 0 atom stereocenters. The molecule has 102 valence electrons. The van der Waals surface area contributed by atoms with E-state index in [4.69, 9.17) is 4.74 Å². The zero-order valence-corrected chi connectivity index (χ0v) is 10.7. The molecule has 2 aromatic rings. The third-order valence-corrected chi connectivity index (χ3v) is 3.41. The van der Waals surface area contributed by atoms with Crippen molar-refractivity contribution < 1.29 is 18.3 Å². The van der Waals surface area contributed by atoms with Crippen LogP contribution in [0.5, 0.6) is 5.75 Å². The number of rotatable bonds is 3. The highest BCUT2D eigenvalue weighted by Gasteiger charge is 2.18. The summed E-state index contributed by atoms with van der Waals surface area (Å²) in [5.41, 5.74) is 1.23. The van der Waals surface area contributed by atoms with Gasteiger partial charge in [0.05, 0.1) is 6.61 Å². The van der Waals surface area contributed by atoms with Gasteiger partial charge in [0.15, 0.2) is 5.78 Å². The largest absolute Gasteiger partial charge is 0.493 e. The molecule has 1 aliphatic rings. The number of hydrogen-bond acceptors (Lipinski definition) is 2. The summed E-state index contributed by atoms with van der Waals surface area (Å²) >= 11 is 0. The van der Waals surface area contributed by atoms with E-state index >= 15 is 0 Å². The van der Waals surface area contributed by atoms with Crippen molar-refractivity contribution in [1.82, 2.24) is 0 Å². The number of halogens is 2. The molecule has 0 radical (unpaired) electrons. The van der Waals surface area contributed by atoms with Gasteiger partial charge >= 0.3 is 0 Å². The van der Waals surface area contributed by atoms with E-state index in [9.17, 15) is 13.6 Å². The Hall–Kier alpha value is -2.23. The van der Waals surface area contributed by atoms with Gasteiger partial charge in [0.1, 0.15) is 17.4 Å². The zero-order valence-electron chi connectivity index (χ0n) is 10.7. The number of Topliss-reactive ketones (excluding diaryl/α,β-unsaturated/α-hetero) is 1. The van der Waals surface area contributed by atoms with E-state index in [0.717, 1.165) is 29.9 Å². The van der Waals surface area contributed by atoms with Crippen LogP contribution in [0, 0.1) is 11.6 Å². The Morgan fingerprint density at radius 2 is 1.90 bits per heavy atom.